The molecule has 0 atom stereocenters. The maximum Gasteiger partial charge on any atom is 0.399 e. The molecule has 0 spiro atoms. The van der Waals surface area contributed by atoms with Crippen LogP contribution in [0.4, 0.5) is 0 Å². The molecule has 104 valence electrons. The zero-order valence-corrected chi connectivity index (χ0v) is 10.4. The van der Waals surface area contributed by atoms with Gasteiger partial charge in [0.15, 0.2) is 0 Å². The first-order chi connectivity index (χ1) is 10.1. The first kappa shape index (κ1) is 12.8. The average molecular weight is 285 g/mol. The van der Waals surface area contributed by atoms with E-state index in [0.29, 0.717) is 5.06 Å². The minimum absolute atomic E-state index is 0.143. The van der Waals surface area contributed by atoms with Crippen molar-refractivity contribution in [3.05, 3.63) is 69.8 Å². The second kappa shape index (κ2) is 4.71. The van der Waals surface area contributed by atoms with Crippen molar-refractivity contribution in [2.75, 3.05) is 0 Å². The summed E-state index contributed by atoms with van der Waals surface area (Å²) in [6.45, 7) is 0. The molecule has 0 bridgehead atoms. The molecule has 2 aromatic rings. The smallest absolute Gasteiger partial charge is 0.399 e. The van der Waals surface area contributed by atoms with Gasteiger partial charge in [-0.3, -0.25) is 9.59 Å². The third-order valence-corrected chi connectivity index (χ3v) is 2.82. The fourth-order valence-electron chi connectivity index (χ4n) is 1.88. The second-order valence-electron chi connectivity index (χ2n) is 4.14. The SMILES string of the molecule is O=C(ON1C(=O)c2ccccc2C1=O)c1cccc(=O)o1. The van der Waals surface area contributed by atoms with Crippen molar-refractivity contribution in [2.24, 2.45) is 0 Å². The molecule has 0 aliphatic carbocycles. The lowest BCUT2D eigenvalue weighted by Gasteiger charge is -2.11. The van der Waals surface area contributed by atoms with E-state index in [1.165, 1.54) is 24.3 Å². The highest BCUT2D eigenvalue weighted by atomic mass is 16.7. The molecule has 1 aromatic carbocycles. The largest absolute Gasteiger partial charge is 0.415 e. The van der Waals surface area contributed by atoms with Gasteiger partial charge >= 0.3 is 11.6 Å². The first-order valence-electron chi connectivity index (χ1n) is 5.88. The number of fused-ring (bicyclic) bond motifs is 1. The Kier molecular flexibility index (Phi) is 2.87. The maximum absolute atomic E-state index is 12.0. The van der Waals surface area contributed by atoms with Crippen LogP contribution in [0, 0.1) is 0 Å². The summed E-state index contributed by atoms with van der Waals surface area (Å²) in [5.41, 5.74) is -0.457. The topological polar surface area (TPSA) is 93.9 Å². The molecule has 0 N–H and O–H groups in total. The highest BCUT2D eigenvalue weighted by Crippen LogP contribution is 2.23. The van der Waals surface area contributed by atoms with E-state index in [0.717, 1.165) is 6.07 Å². The van der Waals surface area contributed by atoms with Crippen molar-refractivity contribution < 1.29 is 23.6 Å². The van der Waals surface area contributed by atoms with E-state index in [1.54, 1.807) is 12.1 Å². The first-order valence-corrected chi connectivity index (χ1v) is 5.88. The zero-order chi connectivity index (χ0) is 15.0. The molecule has 1 aliphatic heterocycles. The van der Waals surface area contributed by atoms with Crippen LogP contribution in [-0.4, -0.2) is 22.8 Å². The lowest BCUT2D eigenvalue weighted by atomic mass is 10.1. The Morgan fingerprint density at radius 1 is 0.905 bits per heavy atom. The van der Waals surface area contributed by atoms with Crippen LogP contribution in [0.2, 0.25) is 0 Å². The normalized spacial score (nSPS) is 13.2. The van der Waals surface area contributed by atoms with Crippen LogP contribution in [0.5, 0.6) is 0 Å². The van der Waals surface area contributed by atoms with Crippen LogP contribution < -0.4 is 5.63 Å². The van der Waals surface area contributed by atoms with Gasteiger partial charge in [-0.1, -0.05) is 23.3 Å². The summed E-state index contributed by atoms with van der Waals surface area (Å²) in [6, 6.07) is 9.68. The Balaban J connectivity index is 1.87. The maximum atomic E-state index is 12.0. The Hall–Kier alpha value is -3.22. The molecule has 2 amide bonds. The molecule has 1 aromatic heterocycles. The molecule has 7 heteroatoms. The van der Waals surface area contributed by atoms with Crippen molar-refractivity contribution in [3.8, 4) is 0 Å². The number of carbonyl (C=O) groups is 3. The van der Waals surface area contributed by atoms with Crippen LogP contribution in [0.1, 0.15) is 31.3 Å². The van der Waals surface area contributed by atoms with Gasteiger partial charge in [0.05, 0.1) is 11.1 Å². The summed E-state index contributed by atoms with van der Waals surface area (Å²) in [4.78, 5) is 51.5. The number of hydroxylamine groups is 2. The summed E-state index contributed by atoms with van der Waals surface area (Å²) in [5, 5.41) is 0.347. The molecule has 2 heterocycles. The van der Waals surface area contributed by atoms with Gasteiger partial charge in [0.1, 0.15) is 0 Å². The minimum atomic E-state index is -1.11. The molecule has 21 heavy (non-hydrogen) atoms. The molecule has 3 rings (SSSR count). The molecule has 0 saturated carbocycles. The summed E-state index contributed by atoms with van der Waals surface area (Å²) in [6.07, 6.45) is 0. The Labute approximate surface area is 117 Å². The van der Waals surface area contributed by atoms with E-state index in [1.807, 2.05) is 0 Å². The van der Waals surface area contributed by atoms with Gasteiger partial charge < -0.3 is 9.25 Å². The minimum Gasteiger partial charge on any atom is -0.415 e. The zero-order valence-electron chi connectivity index (χ0n) is 10.4. The van der Waals surface area contributed by atoms with Crippen molar-refractivity contribution in [2.45, 2.75) is 0 Å². The number of nitrogens with zero attached hydrogens (tertiary/aromatic N) is 1. The number of rotatable bonds is 2. The lowest BCUT2D eigenvalue weighted by Crippen LogP contribution is -2.32. The predicted molar refractivity (Wildman–Crippen MR) is 67.3 cm³/mol. The number of imide groups is 1. The summed E-state index contributed by atoms with van der Waals surface area (Å²) >= 11 is 0. The van der Waals surface area contributed by atoms with E-state index < -0.39 is 29.2 Å². The van der Waals surface area contributed by atoms with Gasteiger partial charge in [-0.25, -0.2) is 9.59 Å². The standard InChI is InChI=1S/C14H7NO6/c16-11-7-3-6-10(20-11)14(19)21-15-12(17)8-4-1-2-5-9(8)13(15)18/h1-7H. The highest BCUT2D eigenvalue weighted by molar-refractivity contribution is 6.21. The molecule has 0 radical (unpaired) electrons. The number of hydrogen-bond donors (Lipinski definition) is 0. The van der Waals surface area contributed by atoms with Crippen molar-refractivity contribution in [1.29, 1.82) is 0 Å². The molecular weight excluding hydrogens is 278 g/mol. The van der Waals surface area contributed by atoms with Crippen LogP contribution in [0.3, 0.4) is 0 Å². The summed E-state index contributed by atoms with van der Waals surface area (Å²) in [5.74, 6) is -3.01. The van der Waals surface area contributed by atoms with E-state index in [9.17, 15) is 19.2 Å². The predicted octanol–water partition coefficient (Wildman–Crippen LogP) is 1.01. The van der Waals surface area contributed by atoms with E-state index in [4.69, 9.17) is 4.84 Å². The van der Waals surface area contributed by atoms with Crippen molar-refractivity contribution in [1.82, 2.24) is 5.06 Å². The number of carbonyl (C=O) groups excluding carboxylic acids is 3. The highest BCUT2D eigenvalue weighted by Gasteiger charge is 2.39. The van der Waals surface area contributed by atoms with E-state index in [2.05, 4.69) is 4.42 Å². The quantitative estimate of drug-likeness (QED) is 0.764. The van der Waals surface area contributed by atoms with E-state index in [-0.39, 0.29) is 11.1 Å². The average Bonchev–Trinajstić information content (AvgIpc) is 2.73. The molecule has 1 aliphatic rings. The van der Waals surface area contributed by atoms with Crippen molar-refractivity contribution in [3.63, 3.8) is 0 Å². The monoisotopic (exact) mass is 285 g/mol. The number of hydrogen-bond acceptors (Lipinski definition) is 6. The molecule has 0 saturated heterocycles. The third-order valence-electron chi connectivity index (χ3n) is 2.82. The Bertz CT molecular complexity index is 787. The Morgan fingerprint density at radius 3 is 2.10 bits per heavy atom. The van der Waals surface area contributed by atoms with Crippen LogP contribution >= 0.6 is 0 Å². The van der Waals surface area contributed by atoms with Gasteiger partial charge in [-0.2, -0.15) is 0 Å². The van der Waals surface area contributed by atoms with Crippen LogP contribution in [-0.2, 0) is 4.84 Å². The molecule has 0 fully saturated rings. The second-order valence-corrected chi connectivity index (χ2v) is 4.14. The lowest BCUT2D eigenvalue weighted by molar-refractivity contribution is -0.0605. The third kappa shape index (κ3) is 2.10. The summed E-state index contributed by atoms with van der Waals surface area (Å²) < 4.78 is 4.62. The molecule has 0 unspecified atom stereocenters. The van der Waals surface area contributed by atoms with Gasteiger partial charge in [0, 0.05) is 6.07 Å². The fraction of sp³-hybridized carbons (Fsp3) is 0. The van der Waals surface area contributed by atoms with Gasteiger partial charge in [-0.05, 0) is 18.2 Å². The number of amides is 2. The molecular formula is C14H7NO6. The van der Waals surface area contributed by atoms with Crippen LogP contribution in [0.15, 0.2) is 51.7 Å². The van der Waals surface area contributed by atoms with Gasteiger partial charge in [-0.15, -0.1) is 0 Å². The van der Waals surface area contributed by atoms with Crippen molar-refractivity contribution >= 4 is 17.8 Å². The summed E-state index contributed by atoms with van der Waals surface area (Å²) in [7, 11) is 0. The van der Waals surface area contributed by atoms with Gasteiger partial charge in [0.25, 0.3) is 11.8 Å². The Morgan fingerprint density at radius 2 is 1.52 bits per heavy atom. The van der Waals surface area contributed by atoms with E-state index >= 15 is 0 Å². The fourth-order valence-corrected chi connectivity index (χ4v) is 1.88. The number of benzene rings is 1. The van der Waals surface area contributed by atoms with Gasteiger partial charge in [0.2, 0.25) is 5.76 Å². The van der Waals surface area contributed by atoms with Crippen LogP contribution in [0.25, 0.3) is 0 Å². The molecule has 7 nitrogen and oxygen atoms in total.